The Balaban J connectivity index is 0. The van der Waals surface area contributed by atoms with Gasteiger partial charge in [0.25, 0.3) is 0 Å². The fraction of sp³-hybridized carbons (Fsp3) is 1.00. The van der Waals surface area contributed by atoms with E-state index in [1.165, 1.54) is 13.8 Å². The van der Waals surface area contributed by atoms with Gasteiger partial charge in [0, 0.05) is 0 Å². The summed E-state index contributed by atoms with van der Waals surface area (Å²) in [6, 6.07) is 0. The molecule has 88 valence electrons. The first-order valence-electron chi connectivity index (χ1n) is 5.23. The van der Waals surface area contributed by atoms with E-state index >= 15 is 0 Å². The lowest BCUT2D eigenvalue weighted by molar-refractivity contribution is -0.214. The second-order valence-corrected chi connectivity index (χ2v) is 4.31. The molecule has 0 saturated heterocycles. The summed E-state index contributed by atoms with van der Waals surface area (Å²) >= 11 is 0. The van der Waals surface area contributed by atoms with E-state index in [9.17, 15) is 13.2 Å². The second-order valence-electron chi connectivity index (χ2n) is 4.31. The van der Waals surface area contributed by atoms with Crippen LogP contribution in [0.15, 0.2) is 0 Å². The quantitative estimate of drug-likeness (QED) is 0.615. The van der Waals surface area contributed by atoms with Crippen molar-refractivity contribution >= 4 is 0 Å². The summed E-state index contributed by atoms with van der Waals surface area (Å²) in [6.07, 6.45) is -3.22. The van der Waals surface area contributed by atoms with E-state index in [2.05, 4.69) is 0 Å². The molecule has 0 unspecified atom stereocenters. The van der Waals surface area contributed by atoms with Crippen LogP contribution >= 0.6 is 0 Å². The standard InChI is InChI=1S/C9H17F3.C2H6/c1-7(2)5-6-8(3,4)9(10,11)12;1-2/h7H,5-6H2,1-4H3;1-2H3. The van der Waals surface area contributed by atoms with Crippen LogP contribution in [0.1, 0.15) is 54.4 Å². The van der Waals surface area contributed by atoms with E-state index in [1.807, 2.05) is 27.7 Å². The molecule has 0 aromatic carbocycles. The van der Waals surface area contributed by atoms with Gasteiger partial charge in [-0.15, -0.1) is 0 Å². The lowest BCUT2D eigenvalue weighted by Gasteiger charge is -2.28. The summed E-state index contributed by atoms with van der Waals surface area (Å²) in [4.78, 5) is 0. The van der Waals surface area contributed by atoms with Crippen molar-refractivity contribution in [3.63, 3.8) is 0 Å². The first-order valence-corrected chi connectivity index (χ1v) is 5.23. The third-order valence-electron chi connectivity index (χ3n) is 2.11. The summed E-state index contributed by atoms with van der Waals surface area (Å²) in [5, 5.41) is 0. The minimum Gasteiger partial charge on any atom is -0.171 e. The van der Waals surface area contributed by atoms with Gasteiger partial charge in [0.1, 0.15) is 0 Å². The topological polar surface area (TPSA) is 0 Å². The predicted molar refractivity (Wildman–Crippen MR) is 55.3 cm³/mol. The molecule has 0 atom stereocenters. The van der Waals surface area contributed by atoms with E-state index in [0.29, 0.717) is 12.3 Å². The molecule has 3 heteroatoms. The zero-order valence-electron chi connectivity index (χ0n) is 10.1. The van der Waals surface area contributed by atoms with Crippen LogP contribution in [0, 0.1) is 11.3 Å². The van der Waals surface area contributed by atoms with E-state index in [1.54, 1.807) is 0 Å². The fourth-order valence-corrected chi connectivity index (χ4v) is 0.791. The van der Waals surface area contributed by atoms with Crippen LogP contribution in [0.5, 0.6) is 0 Å². The second kappa shape index (κ2) is 6.31. The molecule has 14 heavy (non-hydrogen) atoms. The smallest absolute Gasteiger partial charge is 0.171 e. The van der Waals surface area contributed by atoms with Crippen LogP contribution < -0.4 is 0 Å². The molecule has 0 saturated carbocycles. The van der Waals surface area contributed by atoms with Crippen molar-refractivity contribution in [3.8, 4) is 0 Å². The van der Waals surface area contributed by atoms with E-state index in [0.717, 1.165) is 0 Å². The lowest BCUT2D eigenvalue weighted by Crippen LogP contribution is -2.32. The molecule has 0 radical (unpaired) electrons. The van der Waals surface area contributed by atoms with Crippen LogP contribution in [0.4, 0.5) is 13.2 Å². The number of hydrogen-bond donors (Lipinski definition) is 0. The van der Waals surface area contributed by atoms with Crippen LogP contribution in [0.25, 0.3) is 0 Å². The zero-order chi connectivity index (χ0) is 12.0. The molecule has 0 rings (SSSR count). The normalized spacial score (nSPS) is 12.4. The Morgan fingerprint density at radius 2 is 1.36 bits per heavy atom. The first kappa shape index (κ1) is 16.2. The van der Waals surface area contributed by atoms with Crippen LogP contribution in [0.2, 0.25) is 0 Å². The molecule has 0 aromatic heterocycles. The molecule has 0 aliphatic carbocycles. The van der Waals surface area contributed by atoms with Crippen molar-refractivity contribution in [1.29, 1.82) is 0 Å². The predicted octanol–water partition coefficient (Wildman–Crippen LogP) is 5.04. The van der Waals surface area contributed by atoms with Gasteiger partial charge in [-0.05, 0) is 12.3 Å². The fourth-order valence-electron chi connectivity index (χ4n) is 0.791. The number of hydrogen-bond acceptors (Lipinski definition) is 0. The monoisotopic (exact) mass is 212 g/mol. The van der Waals surface area contributed by atoms with Gasteiger partial charge in [0.2, 0.25) is 0 Å². The molecule has 0 bridgehead atoms. The van der Waals surface area contributed by atoms with Crippen molar-refractivity contribution in [2.45, 2.75) is 60.6 Å². The van der Waals surface area contributed by atoms with Gasteiger partial charge in [-0.1, -0.05) is 48.0 Å². The summed E-state index contributed by atoms with van der Waals surface area (Å²) in [7, 11) is 0. The first-order chi connectivity index (χ1) is 6.17. The maximum Gasteiger partial charge on any atom is 0.393 e. The van der Waals surface area contributed by atoms with Crippen LogP contribution in [-0.2, 0) is 0 Å². The van der Waals surface area contributed by atoms with Crippen molar-refractivity contribution in [3.05, 3.63) is 0 Å². The highest BCUT2D eigenvalue weighted by Crippen LogP contribution is 2.41. The molecule has 0 aliphatic rings. The zero-order valence-corrected chi connectivity index (χ0v) is 10.1. The molecule has 0 aromatic rings. The highest BCUT2D eigenvalue weighted by atomic mass is 19.4. The molecule has 0 nitrogen and oxygen atoms in total. The van der Waals surface area contributed by atoms with Gasteiger partial charge in [0.15, 0.2) is 0 Å². The maximum atomic E-state index is 12.3. The summed E-state index contributed by atoms with van der Waals surface area (Å²) in [5.41, 5.74) is -1.53. The van der Waals surface area contributed by atoms with Gasteiger partial charge >= 0.3 is 6.18 Å². The minimum atomic E-state index is -4.07. The molecule has 0 fully saturated rings. The van der Waals surface area contributed by atoms with Crippen molar-refractivity contribution in [1.82, 2.24) is 0 Å². The van der Waals surface area contributed by atoms with Crippen molar-refractivity contribution in [2.75, 3.05) is 0 Å². The highest BCUT2D eigenvalue weighted by Gasteiger charge is 2.46. The average Bonchev–Trinajstić information content (AvgIpc) is 2.03. The average molecular weight is 212 g/mol. The largest absolute Gasteiger partial charge is 0.393 e. The van der Waals surface area contributed by atoms with E-state index in [-0.39, 0.29) is 6.42 Å². The Morgan fingerprint density at radius 3 is 1.57 bits per heavy atom. The molecular weight excluding hydrogens is 189 g/mol. The Kier molecular flexibility index (Phi) is 7.31. The van der Waals surface area contributed by atoms with Gasteiger partial charge in [-0.3, -0.25) is 0 Å². The highest BCUT2D eigenvalue weighted by molar-refractivity contribution is 4.77. The van der Waals surface area contributed by atoms with Gasteiger partial charge < -0.3 is 0 Å². The summed E-state index contributed by atoms with van der Waals surface area (Å²) in [5.74, 6) is 0.339. The summed E-state index contributed by atoms with van der Waals surface area (Å²) < 4.78 is 36.9. The molecule has 0 N–H and O–H groups in total. The molecular formula is C11H23F3. The Bertz CT molecular complexity index is 134. The number of alkyl halides is 3. The summed E-state index contributed by atoms with van der Waals surface area (Å²) in [6.45, 7) is 10.4. The van der Waals surface area contributed by atoms with Gasteiger partial charge in [0.05, 0.1) is 5.41 Å². The Morgan fingerprint density at radius 1 is 1.00 bits per heavy atom. The Labute approximate surface area is 85.9 Å². The molecule has 0 aliphatic heterocycles. The number of rotatable bonds is 3. The molecule has 0 amide bonds. The Hall–Kier alpha value is -0.210. The van der Waals surface area contributed by atoms with Crippen molar-refractivity contribution < 1.29 is 13.2 Å². The SMILES string of the molecule is CC.CC(C)CCC(C)(C)C(F)(F)F. The van der Waals surface area contributed by atoms with Crippen LogP contribution in [0.3, 0.4) is 0 Å². The molecule has 0 heterocycles. The lowest BCUT2D eigenvalue weighted by atomic mass is 9.85. The maximum absolute atomic E-state index is 12.3. The van der Waals surface area contributed by atoms with Gasteiger partial charge in [-0.25, -0.2) is 0 Å². The van der Waals surface area contributed by atoms with Crippen molar-refractivity contribution in [2.24, 2.45) is 11.3 Å². The number of halogens is 3. The van der Waals surface area contributed by atoms with Gasteiger partial charge in [-0.2, -0.15) is 13.2 Å². The van der Waals surface area contributed by atoms with E-state index < -0.39 is 11.6 Å². The van der Waals surface area contributed by atoms with Crippen LogP contribution in [-0.4, -0.2) is 6.18 Å². The third-order valence-corrected chi connectivity index (χ3v) is 2.11. The van der Waals surface area contributed by atoms with E-state index in [4.69, 9.17) is 0 Å². The third kappa shape index (κ3) is 6.28. The minimum absolute atomic E-state index is 0.216. The molecule has 0 spiro atoms.